The lowest BCUT2D eigenvalue weighted by Gasteiger charge is -2.42. The van der Waals surface area contributed by atoms with E-state index in [2.05, 4.69) is 0 Å². The van der Waals surface area contributed by atoms with E-state index in [4.69, 9.17) is 0 Å². The molecule has 0 saturated carbocycles. The molecule has 0 aliphatic carbocycles. The molecule has 0 aromatic heterocycles. The van der Waals surface area contributed by atoms with Crippen LogP contribution in [0.4, 0.5) is 0 Å². The number of aliphatic carboxylic acids is 1. The largest absolute Gasteiger partial charge is 0.480 e. The maximum Gasteiger partial charge on any atom is 0.329 e. The second kappa shape index (κ2) is 5.42. The van der Waals surface area contributed by atoms with Gasteiger partial charge in [-0.2, -0.15) is 0 Å². The molecule has 1 N–H and O–H groups in total. The SMILES string of the molecule is CCN1CC(C(=O)N2CCCCC2(C)C(=O)O)CC1=O. The normalized spacial score (nSPS) is 30.7. The number of carbonyl (C=O) groups is 3. The van der Waals surface area contributed by atoms with Crippen molar-refractivity contribution in [3.8, 4) is 0 Å². The highest BCUT2D eigenvalue weighted by atomic mass is 16.4. The van der Waals surface area contributed by atoms with Gasteiger partial charge in [-0.1, -0.05) is 0 Å². The average Bonchev–Trinajstić information content (AvgIpc) is 2.79. The van der Waals surface area contributed by atoms with Crippen LogP contribution in [-0.2, 0) is 14.4 Å². The molecule has 2 fully saturated rings. The van der Waals surface area contributed by atoms with Crippen molar-refractivity contribution in [2.75, 3.05) is 19.6 Å². The zero-order valence-electron chi connectivity index (χ0n) is 12.1. The molecule has 0 bridgehead atoms. The van der Waals surface area contributed by atoms with Crippen molar-refractivity contribution in [1.82, 2.24) is 9.80 Å². The Morgan fingerprint density at radius 3 is 2.65 bits per heavy atom. The van der Waals surface area contributed by atoms with E-state index in [1.165, 1.54) is 4.90 Å². The molecule has 0 radical (unpaired) electrons. The maximum atomic E-state index is 12.6. The third-order valence-corrected chi connectivity index (χ3v) is 4.56. The van der Waals surface area contributed by atoms with Crippen LogP contribution in [0.3, 0.4) is 0 Å². The Balaban J connectivity index is 2.15. The summed E-state index contributed by atoms with van der Waals surface area (Å²) in [6, 6.07) is 0. The van der Waals surface area contributed by atoms with Crippen LogP contribution in [0.2, 0.25) is 0 Å². The van der Waals surface area contributed by atoms with Gasteiger partial charge < -0.3 is 14.9 Å². The minimum absolute atomic E-state index is 0.0140. The third kappa shape index (κ3) is 2.39. The number of likely N-dealkylation sites (tertiary alicyclic amines) is 2. The first-order valence-electron chi connectivity index (χ1n) is 7.22. The fourth-order valence-electron chi connectivity index (χ4n) is 3.16. The molecule has 20 heavy (non-hydrogen) atoms. The molecule has 6 nitrogen and oxygen atoms in total. The first kappa shape index (κ1) is 14.8. The van der Waals surface area contributed by atoms with Gasteiger partial charge in [0.1, 0.15) is 5.54 Å². The molecule has 2 unspecified atom stereocenters. The number of hydrogen-bond acceptors (Lipinski definition) is 3. The third-order valence-electron chi connectivity index (χ3n) is 4.56. The Labute approximate surface area is 118 Å². The van der Waals surface area contributed by atoms with E-state index in [9.17, 15) is 19.5 Å². The molecular formula is C14H22N2O4. The van der Waals surface area contributed by atoms with Crippen molar-refractivity contribution in [3.05, 3.63) is 0 Å². The lowest BCUT2D eigenvalue weighted by molar-refractivity contribution is -0.162. The average molecular weight is 282 g/mol. The van der Waals surface area contributed by atoms with Gasteiger partial charge in [-0.25, -0.2) is 4.79 Å². The molecule has 0 aromatic rings. The predicted molar refractivity (Wildman–Crippen MR) is 72.0 cm³/mol. The monoisotopic (exact) mass is 282 g/mol. The van der Waals surface area contributed by atoms with E-state index >= 15 is 0 Å². The summed E-state index contributed by atoms with van der Waals surface area (Å²) in [5, 5.41) is 9.44. The zero-order chi connectivity index (χ0) is 14.9. The minimum atomic E-state index is -1.13. The van der Waals surface area contributed by atoms with Gasteiger partial charge in [0.15, 0.2) is 0 Å². The molecule has 2 saturated heterocycles. The highest BCUT2D eigenvalue weighted by Crippen LogP contribution is 2.31. The van der Waals surface area contributed by atoms with Crippen molar-refractivity contribution in [2.24, 2.45) is 5.92 Å². The lowest BCUT2D eigenvalue weighted by Crippen LogP contribution is -2.59. The quantitative estimate of drug-likeness (QED) is 0.827. The van der Waals surface area contributed by atoms with Gasteiger partial charge in [0.2, 0.25) is 11.8 Å². The smallest absolute Gasteiger partial charge is 0.329 e. The van der Waals surface area contributed by atoms with Gasteiger partial charge in [0, 0.05) is 26.1 Å². The van der Waals surface area contributed by atoms with Crippen molar-refractivity contribution in [3.63, 3.8) is 0 Å². The Hall–Kier alpha value is -1.59. The fraction of sp³-hybridized carbons (Fsp3) is 0.786. The minimum Gasteiger partial charge on any atom is -0.480 e. The van der Waals surface area contributed by atoms with Crippen LogP contribution in [0.1, 0.15) is 39.5 Å². The zero-order valence-corrected chi connectivity index (χ0v) is 12.1. The summed E-state index contributed by atoms with van der Waals surface area (Å²) in [5.41, 5.74) is -1.13. The number of amides is 2. The van der Waals surface area contributed by atoms with Crippen LogP contribution in [0.25, 0.3) is 0 Å². The van der Waals surface area contributed by atoms with Crippen LogP contribution in [0.15, 0.2) is 0 Å². The Kier molecular flexibility index (Phi) is 4.01. The fourth-order valence-corrected chi connectivity index (χ4v) is 3.16. The summed E-state index contributed by atoms with van der Waals surface area (Å²) in [7, 11) is 0. The summed E-state index contributed by atoms with van der Waals surface area (Å²) < 4.78 is 0. The molecule has 2 atom stereocenters. The molecule has 6 heteroatoms. The second-order valence-electron chi connectivity index (χ2n) is 5.86. The van der Waals surface area contributed by atoms with Crippen molar-refractivity contribution < 1.29 is 19.5 Å². The molecule has 2 aliphatic heterocycles. The topological polar surface area (TPSA) is 77.9 Å². The van der Waals surface area contributed by atoms with E-state index in [0.717, 1.165) is 12.8 Å². The Morgan fingerprint density at radius 2 is 2.10 bits per heavy atom. The first-order valence-corrected chi connectivity index (χ1v) is 7.22. The number of rotatable bonds is 3. The van der Waals surface area contributed by atoms with Crippen LogP contribution in [-0.4, -0.2) is 57.9 Å². The van der Waals surface area contributed by atoms with Gasteiger partial charge in [0.05, 0.1) is 5.92 Å². The van der Waals surface area contributed by atoms with Gasteiger partial charge >= 0.3 is 5.97 Å². The lowest BCUT2D eigenvalue weighted by atomic mass is 9.87. The maximum absolute atomic E-state index is 12.6. The van der Waals surface area contributed by atoms with Gasteiger partial charge in [-0.05, 0) is 33.1 Å². The molecule has 2 aliphatic rings. The predicted octanol–water partition coefficient (Wildman–Crippen LogP) is 0.711. The van der Waals surface area contributed by atoms with E-state index < -0.39 is 11.5 Å². The Bertz CT molecular complexity index is 437. The van der Waals surface area contributed by atoms with Crippen LogP contribution < -0.4 is 0 Å². The standard InChI is InChI=1S/C14H22N2O4/c1-3-15-9-10(8-11(15)17)12(18)16-7-5-4-6-14(16,2)13(19)20/h10H,3-9H2,1-2H3,(H,19,20). The van der Waals surface area contributed by atoms with Crippen LogP contribution in [0, 0.1) is 5.92 Å². The molecule has 0 aromatic carbocycles. The highest BCUT2D eigenvalue weighted by Gasteiger charge is 2.47. The van der Waals surface area contributed by atoms with Crippen LogP contribution >= 0.6 is 0 Å². The second-order valence-corrected chi connectivity index (χ2v) is 5.86. The molecule has 2 heterocycles. The van der Waals surface area contributed by atoms with E-state index in [1.54, 1.807) is 11.8 Å². The van der Waals surface area contributed by atoms with Gasteiger partial charge in [-0.15, -0.1) is 0 Å². The van der Waals surface area contributed by atoms with E-state index in [-0.39, 0.29) is 24.2 Å². The number of hydrogen-bond donors (Lipinski definition) is 1. The molecule has 0 spiro atoms. The number of piperidine rings is 1. The first-order chi connectivity index (χ1) is 9.40. The van der Waals surface area contributed by atoms with Crippen molar-refractivity contribution in [2.45, 2.75) is 45.1 Å². The van der Waals surface area contributed by atoms with E-state index in [0.29, 0.717) is 26.1 Å². The number of nitrogens with zero attached hydrogens (tertiary/aromatic N) is 2. The van der Waals surface area contributed by atoms with Crippen molar-refractivity contribution >= 4 is 17.8 Å². The summed E-state index contributed by atoms with van der Waals surface area (Å²) in [6.07, 6.45) is 2.33. The van der Waals surface area contributed by atoms with Crippen LogP contribution in [0.5, 0.6) is 0 Å². The number of carbonyl (C=O) groups excluding carboxylic acids is 2. The van der Waals surface area contributed by atoms with E-state index in [1.807, 2.05) is 6.92 Å². The summed E-state index contributed by atoms with van der Waals surface area (Å²) in [6.45, 7) is 4.98. The molecular weight excluding hydrogens is 260 g/mol. The molecule has 2 rings (SSSR count). The molecule has 2 amide bonds. The van der Waals surface area contributed by atoms with Gasteiger partial charge in [-0.3, -0.25) is 9.59 Å². The summed E-state index contributed by atoms with van der Waals surface area (Å²) >= 11 is 0. The van der Waals surface area contributed by atoms with Crippen molar-refractivity contribution in [1.29, 1.82) is 0 Å². The Morgan fingerprint density at radius 1 is 1.40 bits per heavy atom. The highest BCUT2D eigenvalue weighted by molar-refractivity contribution is 5.92. The summed E-state index contributed by atoms with van der Waals surface area (Å²) in [5.74, 6) is -1.54. The molecule has 112 valence electrons. The number of carboxylic acids is 1. The van der Waals surface area contributed by atoms with Gasteiger partial charge in [0.25, 0.3) is 0 Å². The number of carboxylic acid groups (broad SMARTS) is 1. The summed E-state index contributed by atoms with van der Waals surface area (Å²) in [4.78, 5) is 39.0.